The predicted octanol–water partition coefficient (Wildman–Crippen LogP) is 4.68. The van der Waals surface area contributed by atoms with Crippen LogP contribution in [0.25, 0.3) is 17.2 Å². The zero-order valence-corrected chi connectivity index (χ0v) is 16.5. The Kier molecular flexibility index (Phi) is 4.72. The van der Waals surface area contributed by atoms with Crippen LogP contribution in [0.5, 0.6) is 5.75 Å². The number of nitrogens with one attached hydrogen (secondary N) is 1. The number of carbonyl (C=O) groups is 1. The average Bonchev–Trinajstić information content (AvgIpc) is 3.15. The Morgan fingerprint density at radius 1 is 1.03 bits per heavy atom. The van der Waals surface area contributed by atoms with Crippen LogP contribution in [0.4, 0.5) is 11.4 Å². The van der Waals surface area contributed by atoms with E-state index in [0.29, 0.717) is 22.6 Å². The number of non-ortho nitro benzene ring substituents is 1. The Bertz CT molecular complexity index is 1250. The molecule has 1 aliphatic carbocycles. The number of fused-ring (bicyclic) bond motifs is 4. The molecular formula is C24H18N2O5. The molecule has 7 heteroatoms. The second kappa shape index (κ2) is 7.70. The van der Waals surface area contributed by atoms with Crippen LogP contribution in [0, 0.1) is 10.1 Å². The van der Waals surface area contributed by atoms with Crippen molar-refractivity contribution in [3.05, 3.63) is 93.0 Å². The number of carbonyl (C=O) groups excluding carboxylic acids is 1. The molecule has 0 radical (unpaired) electrons. The van der Waals surface area contributed by atoms with Gasteiger partial charge in [0.25, 0.3) is 5.69 Å². The van der Waals surface area contributed by atoms with Crippen LogP contribution in [0.2, 0.25) is 0 Å². The number of nitro groups is 1. The molecule has 0 atom stereocenters. The van der Waals surface area contributed by atoms with Crippen molar-refractivity contribution in [2.75, 3.05) is 12.1 Å². The molecule has 1 aliphatic heterocycles. The minimum atomic E-state index is -0.477. The molecule has 0 bridgehead atoms. The quantitative estimate of drug-likeness (QED) is 0.297. The Hall–Kier alpha value is -3.97. The monoisotopic (exact) mass is 414 g/mol. The molecule has 31 heavy (non-hydrogen) atoms. The molecule has 3 aromatic rings. The van der Waals surface area contributed by atoms with Crippen molar-refractivity contribution in [3.8, 4) is 16.9 Å². The molecule has 0 unspecified atom stereocenters. The molecule has 154 valence electrons. The Morgan fingerprint density at radius 3 is 2.74 bits per heavy atom. The zero-order valence-electron chi connectivity index (χ0n) is 16.5. The summed E-state index contributed by atoms with van der Waals surface area (Å²) in [5.41, 5.74) is 6.54. The van der Waals surface area contributed by atoms with Gasteiger partial charge >= 0.3 is 0 Å². The number of anilines is 1. The summed E-state index contributed by atoms with van der Waals surface area (Å²) < 4.78 is 10.7. The van der Waals surface area contributed by atoms with Crippen LogP contribution in [-0.2, 0) is 22.6 Å². The van der Waals surface area contributed by atoms with Gasteiger partial charge in [0.15, 0.2) is 6.79 Å². The molecular weight excluding hydrogens is 396 g/mol. The van der Waals surface area contributed by atoms with E-state index in [1.165, 1.54) is 46.5 Å². The first-order valence-electron chi connectivity index (χ1n) is 9.80. The lowest BCUT2D eigenvalue weighted by Crippen LogP contribution is -2.13. The highest BCUT2D eigenvalue weighted by Gasteiger charge is 2.20. The minimum absolute atomic E-state index is 0.0648. The molecule has 3 aromatic carbocycles. The lowest BCUT2D eigenvalue weighted by Gasteiger charge is -2.19. The molecule has 1 heterocycles. The average molecular weight is 414 g/mol. The zero-order chi connectivity index (χ0) is 21.4. The number of amides is 1. The first-order valence-corrected chi connectivity index (χ1v) is 9.80. The van der Waals surface area contributed by atoms with Crippen molar-refractivity contribution in [1.29, 1.82) is 0 Å². The van der Waals surface area contributed by atoms with Crippen LogP contribution in [-0.4, -0.2) is 17.6 Å². The molecule has 0 fully saturated rings. The highest BCUT2D eigenvalue weighted by Crippen LogP contribution is 2.37. The molecule has 2 aliphatic rings. The van der Waals surface area contributed by atoms with Gasteiger partial charge in [0.1, 0.15) is 5.75 Å². The maximum Gasteiger partial charge on any atom is 0.270 e. The molecule has 0 spiro atoms. The van der Waals surface area contributed by atoms with E-state index in [9.17, 15) is 14.9 Å². The smallest absolute Gasteiger partial charge is 0.270 e. The van der Waals surface area contributed by atoms with Gasteiger partial charge in [-0.25, -0.2) is 0 Å². The molecule has 0 saturated carbocycles. The SMILES string of the molecule is O=C(/C=C/c1cc([N+](=O)[O-])cc2c1OCOC2)Nc1ccc2c(c1)Cc1ccccc1-2. The summed E-state index contributed by atoms with van der Waals surface area (Å²) in [4.78, 5) is 23.2. The molecule has 5 rings (SSSR count). The summed E-state index contributed by atoms with van der Waals surface area (Å²) in [6, 6.07) is 17.0. The molecule has 1 amide bonds. The third kappa shape index (κ3) is 3.67. The van der Waals surface area contributed by atoms with E-state index < -0.39 is 4.92 Å². The standard InChI is InChI=1S/C24H18N2O5/c27-23(8-5-16-11-20(26(28)29)12-18-13-30-14-31-24(16)18)25-19-6-7-22-17(10-19)9-15-3-1-2-4-21(15)22/h1-8,10-12H,9,13-14H2,(H,25,27)/b8-5+. The third-order valence-electron chi connectivity index (χ3n) is 5.41. The lowest BCUT2D eigenvalue weighted by molar-refractivity contribution is -0.385. The van der Waals surface area contributed by atoms with Crippen LogP contribution < -0.4 is 10.1 Å². The van der Waals surface area contributed by atoms with Crippen molar-refractivity contribution in [3.63, 3.8) is 0 Å². The fourth-order valence-corrected chi connectivity index (χ4v) is 4.03. The number of nitro benzene ring substituents is 1. The van der Waals surface area contributed by atoms with E-state index in [-0.39, 0.29) is 25.0 Å². The van der Waals surface area contributed by atoms with Gasteiger partial charge in [-0.3, -0.25) is 14.9 Å². The summed E-state index contributed by atoms with van der Waals surface area (Å²) in [6.07, 6.45) is 3.71. The number of ether oxygens (including phenoxy) is 2. The van der Waals surface area contributed by atoms with Gasteiger partial charge in [0.05, 0.1) is 11.5 Å². The summed E-state index contributed by atoms with van der Waals surface area (Å²) in [5.74, 6) is 0.166. The minimum Gasteiger partial charge on any atom is -0.467 e. The van der Waals surface area contributed by atoms with E-state index in [4.69, 9.17) is 9.47 Å². The number of hydrogen-bond donors (Lipinski definition) is 1. The summed E-state index contributed by atoms with van der Waals surface area (Å²) in [5, 5.41) is 14.1. The normalized spacial score (nSPS) is 13.8. The Morgan fingerprint density at radius 2 is 1.87 bits per heavy atom. The van der Waals surface area contributed by atoms with Crippen LogP contribution in [0.3, 0.4) is 0 Å². The first-order chi connectivity index (χ1) is 15.1. The Labute approximate surface area is 178 Å². The lowest BCUT2D eigenvalue weighted by atomic mass is 10.1. The van der Waals surface area contributed by atoms with E-state index in [0.717, 1.165) is 6.42 Å². The van der Waals surface area contributed by atoms with Gasteiger partial charge in [-0.2, -0.15) is 0 Å². The van der Waals surface area contributed by atoms with Crippen molar-refractivity contribution < 1.29 is 19.2 Å². The molecule has 1 N–H and O–H groups in total. The molecule has 0 saturated heterocycles. The second-order valence-corrected chi connectivity index (χ2v) is 7.42. The van der Waals surface area contributed by atoms with Crippen molar-refractivity contribution >= 4 is 23.4 Å². The van der Waals surface area contributed by atoms with Crippen molar-refractivity contribution in [2.24, 2.45) is 0 Å². The van der Waals surface area contributed by atoms with Crippen LogP contribution in [0.1, 0.15) is 22.3 Å². The molecule has 7 nitrogen and oxygen atoms in total. The second-order valence-electron chi connectivity index (χ2n) is 7.42. The van der Waals surface area contributed by atoms with E-state index in [1.54, 1.807) is 0 Å². The van der Waals surface area contributed by atoms with E-state index >= 15 is 0 Å². The van der Waals surface area contributed by atoms with Gasteiger partial charge in [-0.1, -0.05) is 30.3 Å². The maximum atomic E-state index is 12.5. The summed E-state index contributed by atoms with van der Waals surface area (Å²) in [6.45, 7) is 0.289. The first kappa shape index (κ1) is 19.0. The van der Waals surface area contributed by atoms with Gasteiger partial charge in [0, 0.05) is 35.0 Å². The van der Waals surface area contributed by atoms with E-state index in [2.05, 4.69) is 17.4 Å². The van der Waals surface area contributed by atoms with Crippen LogP contribution in [0.15, 0.2) is 60.7 Å². The van der Waals surface area contributed by atoms with Gasteiger partial charge < -0.3 is 14.8 Å². The predicted molar refractivity (Wildman–Crippen MR) is 116 cm³/mol. The number of benzene rings is 3. The third-order valence-corrected chi connectivity index (χ3v) is 5.41. The fraction of sp³-hybridized carbons (Fsp3) is 0.125. The number of hydrogen-bond acceptors (Lipinski definition) is 5. The fourth-order valence-electron chi connectivity index (χ4n) is 4.03. The van der Waals surface area contributed by atoms with Gasteiger partial charge in [-0.15, -0.1) is 0 Å². The van der Waals surface area contributed by atoms with E-state index in [1.807, 2.05) is 30.3 Å². The van der Waals surface area contributed by atoms with Gasteiger partial charge in [0.2, 0.25) is 5.91 Å². The maximum absolute atomic E-state index is 12.5. The topological polar surface area (TPSA) is 90.7 Å². The highest BCUT2D eigenvalue weighted by atomic mass is 16.7. The highest BCUT2D eigenvalue weighted by molar-refractivity contribution is 6.02. The number of nitrogens with zero attached hydrogens (tertiary/aromatic N) is 1. The number of rotatable bonds is 4. The summed E-state index contributed by atoms with van der Waals surface area (Å²) in [7, 11) is 0. The summed E-state index contributed by atoms with van der Waals surface area (Å²) >= 11 is 0. The van der Waals surface area contributed by atoms with Crippen molar-refractivity contribution in [2.45, 2.75) is 13.0 Å². The largest absolute Gasteiger partial charge is 0.467 e. The Balaban J connectivity index is 1.35. The molecule has 0 aromatic heterocycles. The van der Waals surface area contributed by atoms with Crippen LogP contribution >= 0.6 is 0 Å². The van der Waals surface area contributed by atoms with Crippen molar-refractivity contribution in [1.82, 2.24) is 0 Å². The van der Waals surface area contributed by atoms with Gasteiger partial charge in [-0.05, 0) is 46.9 Å².